The van der Waals surface area contributed by atoms with Crippen molar-refractivity contribution >= 4 is 27.6 Å². The van der Waals surface area contributed by atoms with Crippen LogP contribution in [0.2, 0.25) is 0 Å². The number of anilines is 1. The third-order valence-corrected chi connectivity index (χ3v) is 5.78. The van der Waals surface area contributed by atoms with Gasteiger partial charge in [0.2, 0.25) is 0 Å². The van der Waals surface area contributed by atoms with Gasteiger partial charge in [0.25, 0.3) is 15.9 Å². The first kappa shape index (κ1) is 20.4. The highest BCUT2D eigenvalue weighted by atomic mass is 32.2. The Bertz CT molecular complexity index is 949. The van der Waals surface area contributed by atoms with Crippen molar-refractivity contribution in [2.24, 2.45) is 0 Å². The van der Waals surface area contributed by atoms with Crippen LogP contribution in [0.25, 0.3) is 0 Å². The SMILES string of the molecule is Cc1ccc(NS(=O)(=O)c2ccc(C(=O)N(C)C(C)(C)C(=O)O)cc2)cc1. The lowest BCUT2D eigenvalue weighted by atomic mass is 10.0. The van der Waals surface area contributed by atoms with E-state index >= 15 is 0 Å². The normalized spacial score (nSPS) is 11.7. The summed E-state index contributed by atoms with van der Waals surface area (Å²) < 4.78 is 27.4. The fraction of sp³-hybridized carbons (Fsp3) is 0.263. The molecule has 2 rings (SSSR count). The van der Waals surface area contributed by atoms with Crippen LogP contribution in [0.4, 0.5) is 5.69 Å². The van der Waals surface area contributed by atoms with Crippen molar-refractivity contribution in [1.29, 1.82) is 0 Å². The van der Waals surface area contributed by atoms with Crippen molar-refractivity contribution in [2.75, 3.05) is 11.8 Å². The number of carboxylic acids is 1. The van der Waals surface area contributed by atoms with E-state index in [-0.39, 0.29) is 10.5 Å². The minimum Gasteiger partial charge on any atom is -0.480 e. The maximum atomic E-state index is 12.5. The van der Waals surface area contributed by atoms with E-state index in [1.807, 2.05) is 6.92 Å². The molecule has 144 valence electrons. The molecule has 0 heterocycles. The molecule has 1 amide bonds. The van der Waals surface area contributed by atoms with Crippen molar-refractivity contribution in [3.63, 3.8) is 0 Å². The minimum atomic E-state index is -3.80. The summed E-state index contributed by atoms with van der Waals surface area (Å²) in [5.41, 5.74) is 0.244. The number of rotatable bonds is 6. The van der Waals surface area contributed by atoms with E-state index in [1.54, 1.807) is 24.3 Å². The quantitative estimate of drug-likeness (QED) is 0.789. The predicted molar refractivity (Wildman–Crippen MR) is 102 cm³/mol. The molecule has 7 nitrogen and oxygen atoms in total. The van der Waals surface area contributed by atoms with Crippen LogP contribution in [0.3, 0.4) is 0 Å². The Labute approximate surface area is 158 Å². The second kappa shape index (κ2) is 7.40. The monoisotopic (exact) mass is 390 g/mol. The van der Waals surface area contributed by atoms with Crippen LogP contribution in [-0.4, -0.2) is 42.9 Å². The Hall–Kier alpha value is -2.87. The van der Waals surface area contributed by atoms with Crippen LogP contribution in [-0.2, 0) is 14.8 Å². The van der Waals surface area contributed by atoms with E-state index in [2.05, 4.69) is 4.72 Å². The lowest BCUT2D eigenvalue weighted by Gasteiger charge is -2.31. The molecule has 0 saturated carbocycles. The molecule has 0 fully saturated rings. The lowest BCUT2D eigenvalue weighted by molar-refractivity contribution is -0.147. The highest BCUT2D eigenvalue weighted by molar-refractivity contribution is 7.92. The summed E-state index contributed by atoms with van der Waals surface area (Å²) in [4.78, 5) is 24.9. The molecule has 8 heteroatoms. The number of sulfonamides is 1. The number of nitrogens with zero attached hydrogens (tertiary/aromatic N) is 1. The zero-order chi connectivity index (χ0) is 20.4. The van der Waals surface area contributed by atoms with E-state index in [0.29, 0.717) is 5.69 Å². The van der Waals surface area contributed by atoms with E-state index < -0.39 is 27.4 Å². The van der Waals surface area contributed by atoms with Crippen LogP contribution < -0.4 is 4.72 Å². The number of benzene rings is 2. The number of carbonyl (C=O) groups excluding carboxylic acids is 1. The Morgan fingerprint density at radius 3 is 2.00 bits per heavy atom. The van der Waals surface area contributed by atoms with E-state index in [9.17, 15) is 23.1 Å². The maximum absolute atomic E-state index is 12.5. The fourth-order valence-corrected chi connectivity index (χ4v) is 3.26. The number of aliphatic carboxylic acids is 1. The summed E-state index contributed by atoms with van der Waals surface area (Å²) in [6, 6.07) is 12.2. The molecule has 0 saturated heterocycles. The average Bonchev–Trinajstić information content (AvgIpc) is 2.62. The number of nitrogens with one attached hydrogen (secondary N) is 1. The topological polar surface area (TPSA) is 104 Å². The van der Waals surface area contributed by atoms with Gasteiger partial charge >= 0.3 is 5.97 Å². The van der Waals surface area contributed by atoms with Gasteiger partial charge in [-0.15, -0.1) is 0 Å². The second-order valence-corrected chi connectivity index (χ2v) is 8.41. The van der Waals surface area contributed by atoms with Crippen LogP contribution in [0.15, 0.2) is 53.4 Å². The zero-order valence-electron chi connectivity index (χ0n) is 15.6. The molecule has 0 aliphatic heterocycles. The minimum absolute atomic E-state index is 0.000210. The van der Waals surface area contributed by atoms with Gasteiger partial charge in [-0.3, -0.25) is 9.52 Å². The van der Waals surface area contributed by atoms with Crippen molar-refractivity contribution < 1.29 is 23.1 Å². The summed E-state index contributed by atoms with van der Waals surface area (Å²) in [7, 11) is -2.41. The van der Waals surface area contributed by atoms with Crippen LogP contribution in [0, 0.1) is 6.92 Å². The highest BCUT2D eigenvalue weighted by Gasteiger charge is 2.35. The van der Waals surface area contributed by atoms with Gasteiger partial charge in [0, 0.05) is 18.3 Å². The first-order valence-electron chi connectivity index (χ1n) is 8.16. The van der Waals surface area contributed by atoms with Gasteiger partial charge in [0.05, 0.1) is 4.90 Å². The van der Waals surface area contributed by atoms with Gasteiger partial charge in [-0.25, -0.2) is 13.2 Å². The average molecular weight is 390 g/mol. The molecule has 0 aromatic heterocycles. The Morgan fingerprint density at radius 1 is 1.00 bits per heavy atom. The fourth-order valence-electron chi connectivity index (χ4n) is 2.20. The Kier molecular flexibility index (Phi) is 5.60. The molecule has 0 spiro atoms. The number of carbonyl (C=O) groups is 2. The summed E-state index contributed by atoms with van der Waals surface area (Å²) in [6.45, 7) is 4.73. The van der Waals surface area contributed by atoms with Crippen molar-refractivity contribution in [3.8, 4) is 0 Å². The molecule has 0 atom stereocenters. The third kappa shape index (κ3) is 4.46. The van der Waals surface area contributed by atoms with Gasteiger partial charge in [-0.1, -0.05) is 17.7 Å². The molecule has 0 radical (unpaired) electrons. The molecule has 27 heavy (non-hydrogen) atoms. The molecular weight excluding hydrogens is 368 g/mol. The lowest BCUT2D eigenvalue weighted by Crippen LogP contribution is -2.50. The molecule has 0 bridgehead atoms. The van der Waals surface area contributed by atoms with Gasteiger partial charge in [-0.2, -0.15) is 0 Å². The van der Waals surface area contributed by atoms with Crippen molar-refractivity contribution in [3.05, 3.63) is 59.7 Å². The summed E-state index contributed by atoms with van der Waals surface area (Å²) >= 11 is 0. The van der Waals surface area contributed by atoms with Gasteiger partial charge in [-0.05, 0) is 57.2 Å². The standard InChI is InChI=1S/C19H22N2O5S/c1-13-5-9-15(10-6-13)20-27(25,26)16-11-7-14(8-12-16)17(22)21(4)19(2,3)18(23)24/h5-12,20H,1-4H3,(H,23,24). The molecule has 2 aromatic rings. The molecule has 0 aliphatic rings. The van der Waals surface area contributed by atoms with E-state index in [4.69, 9.17) is 0 Å². The van der Waals surface area contributed by atoms with Crippen LogP contribution >= 0.6 is 0 Å². The van der Waals surface area contributed by atoms with E-state index in [1.165, 1.54) is 45.2 Å². The summed E-state index contributed by atoms with van der Waals surface area (Å²) in [6.07, 6.45) is 0. The first-order valence-corrected chi connectivity index (χ1v) is 9.64. The van der Waals surface area contributed by atoms with Crippen LogP contribution in [0.1, 0.15) is 29.8 Å². The second-order valence-electron chi connectivity index (χ2n) is 6.72. The number of likely N-dealkylation sites (N-methyl/N-ethyl adjacent to an activating group) is 1. The summed E-state index contributed by atoms with van der Waals surface area (Å²) in [5, 5.41) is 9.23. The number of aryl methyl sites for hydroxylation is 1. The number of hydrogen-bond acceptors (Lipinski definition) is 4. The van der Waals surface area contributed by atoms with Crippen molar-refractivity contribution in [2.45, 2.75) is 31.2 Å². The predicted octanol–water partition coefficient (Wildman–Crippen LogP) is 2.73. The molecular formula is C19H22N2O5S. The number of carboxylic acid groups (broad SMARTS) is 1. The van der Waals surface area contributed by atoms with E-state index in [0.717, 1.165) is 10.5 Å². The molecule has 2 aromatic carbocycles. The number of amides is 1. The van der Waals surface area contributed by atoms with Crippen molar-refractivity contribution in [1.82, 2.24) is 4.90 Å². The number of hydrogen-bond donors (Lipinski definition) is 2. The highest BCUT2D eigenvalue weighted by Crippen LogP contribution is 2.20. The first-order chi connectivity index (χ1) is 12.4. The van der Waals surface area contributed by atoms with Gasteiger partial charge < -0.3 is 10.0 Å². The smallest absolute Gasteiger partial charge is 0.329 e. The van der Waals surface area contributed by atoms with Crippen LogP contribution in [0.5, 0.6) is 0 Å². The van der Waals surface area contributed by atoms with Gasteiger partial charge in [0.1, 0.15) is 5.54 Å². The Morgan fingerprint density at radius 2 is 1.52 bits per heavy atom. The zero-order valence-corrected chi connectivity index (χ0v) is 16.4. The summed E-state index contributed by atoms with van der Waals surface area (Å²) in [5.74, 6) is -1.65. The molecule has 2 N–H and O–H groups in total. The molecule has 0 aliphatic carbocycles. The third-order valence-electron chi connectivity index (χ3n) is 4.38. The Balaban J connectivity index is 2.22. The van der Waals surface area contributed by atoms with Gasteiger partial charge in [0.15, 0.2) is 0 Å². The molecule has 0 unspecified atom stereocenters. The maximum Gasteiger partial charge on any atom is 0.329 e. The largest absolute Gasteiger partial charge is 0.480 e.